The molecule has 0 saturated carbocycles. The molecule has 3 rings (SSSR count). The van der Waals surface area contributed by atoms with Crippen molar-refractivity contribution >= 4 is 17.2 Å². The second-order valence-electron chi connectivity index (χ2n) is 6.51. The smallest absolute Gasteiger partial charge is 0.226 e. The van der Waals surface area contributed by atoms with E-state index in [1.54, 1.807) is 0 Å². The van der Waals surface area contributed by atoms with Crippen LogP contribution in [0.2, 0.25) is 0 Å². The summed E-state index contributed by atoms with van der Waals surface area (Å²) in [5.74, 6) is 1.58. The van der Waals surface area contributed by atoms with Crippen LogP contribution in [0.1, 0.15) is 29.1 Å². The van der Waals surface area contributed by atoms with Crippen LogP contribution >= 0.6 is 11.3 Å². The van der Waals surface area contributed by atoms with Gasteiger partial charge in [-0.25, -0.2) is 4.98 Å². The van der Waals surface area contributed by atoms with E-state index >= 15 is 0 Å². The van der Waals surface area contributed by atoms with Crippen molar-refractivity contribution in [3.63, 3.8) is 0 Å². The van der Waals surface area contributed by atoms with Gasteiger partial charge in [0.1, 0.15) is 17.4 Å². The average Bonchev–Trinajstić information content (AvgIpc) is 3.26. The number of aryl methyl sites for hydroxylation is 1. The van der Waals surface area contributed by atoms with Crippen LogP contribution in [0.15, 0.2) is 29.6 Å². The number of benzene rings is 1. The number of rotatable bonds is 8. The van der Waals surface area contributed by atoms with Crippen LogP contribution in [0, 0.1) is 12.8 Å². The fraction of sp³-hybridized carbons (Fsp3) is 0.474. The van der Waals surface area contributed by atoms with Crippen LogP contribution in [-0.2, 0) is 17.8 Å². The number of amides is 1. The van der Waals surface area contributed by atoms with Crippen molar-refractivity contribution in [2.24, 2.45) is 5.92 Å². The van der Waals surface area contributed by atoms with Crippen molar-refractivity contribution in [1.82, 2.24) is 15.6 Å². The van der Waals surface area contributed by atoms with Crippen molar-refractivity contribution in [3.8, 4) is 5.75 Å². The summed E-state index contributed by atoms with van der Waals surface area (Å²) < 4.78 is 5.73. The molecule has 1 atom stereocenters. The summed E-state index contributed by atoms with van der Waals surface area (Å²) >= 11 is 1.53. The van der Waals surface area contributed by atoms with E-state index in [1.165, 1.54) is 23.3 Å². The highest BCUT2D eigenvalue weighted by molar-refractivity contribution is 7.09. The number of aromatic nitrogens is 1. The second-order valence-corrected chi connectivity index (χ2v) is 7.45. The summed E-state index contributed by atoms with van der Waals surface area (Å²) in [5, 5.41) is 9.17. The lowest BCUT2D eigenvalue weighted by molar-refractivity contribution is -0.120. The van der Waals surface area contributed by atoms with Crippen LogP contribution in [0.5, 0.6) is 5.75 Å². The Labute approximate surface area is 152 Å². The van der Waals surface area contributed by atoms with Gasteiger partial charge in [-0.2, -0.15) is 0 Å². The molecule has 2 aromatic rings. The molecule has 5 nitrogen and oxygen atoms in total. The Morgan fingerprint density at radius 1 is 1.40 bits per heavy atom. The molecule has 0 radical (unpaired) electrons. The fourth-order valence-electron chi connectivity index (χ4n) is 2.88. The van der Waals surface area contributed by atoms with E-state index in [1.807, 2.05) is 36.6 Å². The van der Waals surface area contributed by atoms with E-state index in [2.05, 4.69) is 15.6 Å². The molecule has 6 heteroatoms. The molecule has 1 amide bonds. The molecular weight excluding hydrogens is 334 g/mol. The molecule has 1 aromatic carbocycles. The van der Waals surface area contributed by atoms with Gasteiger partial charge in [-0.3, -0.25) is 4.79 Å². The van der Waals surface area contributed by atoms with Crippen molar-refractivity contribution in [2.45, 2.75) is 32.8 Å². The first-order chi connectivity index (χ1) is 12.2. The van der Waals surface area contributed by atoms with Crippen LogP contribution in [0.4, 0.5) is 0 Å². The maximum atomic E-state index is 12.0. The quantitative estimate of drug-likeness (QED) is 0.761. The molecule has 1 aliphatic heterocycles. The molecule has 2 heterocycles. The predicted octanol–water partition coefficient (Wildman–Crippen LogP) is 2.69. The van der Waals surface area contributed by atoms with Gasteiger partial charge < -0.3 is 15.4 Å². The summed E-state index contributed by atoms with van der Waals surface area (Å²) in [6.45, 7) is 5.41. The molecule has 2 N–H and O–H groups in total. The monoisotopic (exact) mass is 359 g/mol. The van der Waals surface area contributed by atoms with Gasteiger partial charge >= 0.3 is 0 Å². The largest absolute Gasteiger partial charge is 0.486 e. The Balaban J connectivity index is 1.38. The normalized spacial score (nSPS) is 16.8. The maximum absolute atomic E-state index is 12.0. The van der Waals surface area contributed by atoms with E-state index in [4.69, 9.17) is 4.74 Å². The Bertz CT molecular complexity index is 678. The van der Waals surface area contributed by atoms with E-state index < -0.39 is 0 Å². The molecule has 1 saturated heterocycles. The minimum Gasteiger partial charge on any atom is -0.486 e. The number of hydrogen-bond acceptors (Lipinski definition) is 5. The lowest BCUT2D eigenvalue weighted by Crippen LogP contribution is -2.27. The standard InChI is InChI=1S/C19H25N3O2S/c1-14-2-4-17(5-3-14)24-12-19-22-16(13-25-19)10-18(23)21-9-7-15-6-8-20-11-15/h2-5,13,15,20H,6-12H2,1H3,(H,21,23). The highest BCUT2D eigenvalue weighted by Crippen LogP contribution is 2.16. The number of nitrogens with one attached hydrogen (secondary N) is 2. The van der Waals surface area contributed by atoms with Gasteiger partial charge in [-0.1, -0.05) is 17.7 Å². The van der Waals surface area contributed by atoms with E-state index in [9.17, 15) is 4.79 Å². The Hall–Kier alpha value is -1.92. The van der Waals surface area contributed by atoms with Crippen molar-refractivity contribution in [1.29, 1.82) is 0 Å². The zero-order chi connectivity index (χ0) is 17.5. The van der Waals surface area contributed by atoms with Gasteiger partial charge in [0.05, 0.1) is 12.1 Å². The fourth-order valence-corrected chi connectivity index (χ4v) is 3.58. The van der Waals surface area contributed by atoms with Gasteiger partial charge in [-0.15, -0.1) is 11.3 Å². The number of thiazole rings is 1. The molecule has 1 unspecified atom stereocenters. The molecule has 1 aliphatic rings. The molecule has 1 aromatic heterocycles. The van der Waals surface area contributed by atoms with Crippen molar-refractivity contribution in [3.05, 3.63) is 45.9 Å². The summed E-state index contributed by atoms with van der Waals surface area (Å²) in [6.07, 6.45) is 2.60. The summed E-state index contributed by atoms with van der Waals surface area (Å²) in [6, 6.07) is 7.96. The first-order valence-electron chi connectivity index (χ1n) is 8.79. The number of nitrogens with zero attached hydrogens (tertiary/aromatic N) is 1. The summed E-state index contributed by atoms with van der Waals surface area (Å²) in [4.78, 5) is 16.5. The maximum Gasteiger partial charge on any atom is 0.226 e. The topological polar surface area (TPSA) is 63.2 Å². The van der Waals surface area contributed by atoms with E-state index in [0.717, 1.165) is 42.5 Å². The number of ether oxygens (including phenoxy) is 1. The summed E-state index contributed by atoms with van der Waals surface area (Å²) in [7, 11) is 0. The minimum atomic E-state index is 0.0438. The predicted molar refractivity (Wildman–Crippen MR) is 99.9 cm³/mol. The number of carbonyl (C=O) groups excluding carboxylic acids is 1. The van der Waals surface area contributed by atoms with E-state index in [0.29, 0.717) is 18.9 Å². The first kappa shape index (κ1) is 17.9. The van der Waals surface area contributed by atoms with Crippen molar-refractivity contribution < 1.29 is 9.53 Å². The minimum absolute atomic E-state index is 0.0438. The lowest BCUT2D eigenvalue weighted by atomic mass is 10.1. The third-order valence-electron chi connectivity index (χ3n) is 4.36. The zero-order valence-corrected chi connectivity index (χ0v) is 15.4. The Morgan fingerprint density at radius 2 is 2.24 bits per heavy atom. The van der Waals surface area contributed by atoms with Gasteiger partial charge in [0, 0.05) is 11.9 Å². The Morgan fingerprint density at radius 3 is 3.00 bits per heavy atom. The molecule has 1 fully saturated rings. The molecular formula is C19H25N3O2S. The van der Waals surface area contributed by atoms with Gasteiger partial charge in [0.15, 0.2) is 0 Å². The highest BCUT2D eigenvalue weighted by Gasteiger charge is 2.14. The van der Waals surface area contributed by atoms with Crippen LogP contribution in [0.3, 0.4) is 0 Å². The van der Waals surface area contributed by atoms with Crippen LogP contribution in [0.25, 0.3) is 0 Å². The van der Waals surface area contributed by atoms with Crippen LogP contribution < -0.4 is 15.4 Å². The molecule has 25 heavy (non-hydrogen) atoms. The van der Waals surface area contributed by atoms with Gasteiger partial charge in [-0.05, 0) is 50.9 Å². The zero-order valence-electron chi connectivity index (χ0n) is 14.6. The third kappa shape index (κ3) is 5.83. The van der Waals surface area contributed by atoms with Crippen molar-refractivity contribution in [2.75, 3.05) is 19.6 Å². The molecule has 0 aliphatic carbocycles. The lowest BCUT2D eigenvalue weighted by Gasteiger charge is -2.08. The third-order valence-corrected chi connectivity index (χ3v) is 5.23. The molecule has 0 bridgehead atoms. The first-order valence-corrected chi connectivity index (χ1v) is 9.67. The van der Waals surface area contributed by atoms with Gasteiger partial charge in [0.25, 0.3) is 0 Å². The highest BCUT2D eigenvalue weighted by atomic mass is 32.1. The Kier molecular flexibility index (Phi) is 6.42. The molecule has 0 spiro atoms. The summed E-state index contributed by atoms with van der Waals surface area (Å²) in [5.41, 5.74) is 2.02. The van der Waals surface area contributed by atoms with Gasteiger partial charge in [0.2, 0.25) is 5.91 Å². The number of hydrogen-bond donors (Lipinski definition) is 2. The second kappa shape index (κ2) is 8.97. The number of carbonyl (C=O) groups is 1. The SMILES string of the molecule is Cc1ccc(OCc2nc(CC(=O)NCCC3CCNC3)cs2)cc1. The van der Waals surface area contributed by atoms with E-state index in [-0.39, 0.29) is 5.91 Å². The van der Waals surface area contributed by atoms with Crippen LogP contribution in [-0.4, -0.2) is 30.5 Å². The average molecular weight is 359 g/mol. The molecule has 134 valence electrons.